The van der Waals surface area contributed by atoms with E-state index in [1.54, 1.807) is 37.4 Å². The lowest BCUT2D eigenvalue weighted by molar-refractivity contribution is -0.140. The Morgan fingerprint density at radius 2 is 1.77 bits per heavy atom. The molecule has 2 aromatic heterocycles. The predicted octanol–water partition coefficient (Wildman–Crippen LogP) is 4.46. The van der Waals surface area contributed by atoms with Crippen LogP contribution in [0.5, 0.6) is 23.0 Å². The molecule has 0 saturated carbocycles. The zero-order valence-corrected chi connectivity index (χ0v) is 27.3. The second-order valence-electron chi connectivity index (χ2n) is 12.4. The Morgan fingerprint density at radius 1 is 0.958 bits per heavy atom. The van der Waals surface area contributed by atoms with Crippen LogP contribution in [0.3, 0.4) is 0 Å². The van der Waals surface area contributed by atoms with Gasteiger partial charge in [-0.3, -0.25) is 19.3 Å². The number of aromatic hydroxyl groups is 1. The first-order valence-corrected chi connectivity index (χ1v) is 16.0. The molecule has 4 heterocycles. The second kappa shape index (κ2) is 14.4. The minimum absolute atomic E-state index is 0.0197. The number of esters is 1. The molecule has 1 fully saturated rings. The SMILES string of the molecule is COC(=O)C[C@@H](c1ccc(OCCc2ccc(OC)cc2)c(OC)c1)c1oc(CN2C[C@@H]3C[C@H](C2)c2cccc(=O)n2C3)cc(=O)c1O. The number of pyridine rings is 1. The maximum atomic E-state index is 13.1. The van der Waals surface area contributed by atoms with Gasteiger partial charge in [-0.15, -0.1) is 0 Å². The highest BCUT2D eigenvalue weighted by Crippen LogP contribution is 2.39. The number of nitrogens with zero attached hydrogens (tertiary/aromatic N) is 2. The van der Waals surface area contributed by atoms with E-state index in [0.29, 0.717) is 55.5 Å². The number of carbonyl (C=O) groups excluding carboxylic acids is 1. The van der Waals surface area contributed by atoms with E-state index in [1.165, 1.54) is 20.3 Å². The predicted molar refractivity (Wildman–Crippen MR) is 177 cm³/mol. The van der Waals surface area contributed by atoms with Gasteiger partial charge in [0, 0.05) is 49.8 Å². The summed E-state index contributed by atoms with van der Waals surface area (Å²) in [4.78, 5) is 40.4. The molecule has 0 unspecified atom stereocenters. The first kappa shape index (κ1) is 32.9. The topological polar surface area (TPSA) is 130 Å². The standard InChI is InChI=1S/C37H40N2O9/c1-44-27-10-7-23(8-11-27)13-14-47-32-12-9-25(16-33(32)45-2)29(18-35(42)46-3)37-36(43)31(40)17-28(48-37)22-38-19-24-15-26(21-38)30-5-4-6-34(41)39(30)20-24/h4-12,16-17,24,26,29,43H,13-15,18-22H2,1-3H3/t24-,26+,29-/m0/s1. The molecule has 0 radical (unpaired) electrons. The van der Waals surface area contributed by atoms with E-state index in [9.17, 15) is 19.5 Å². The first-order valence-electron chi connectivity index (χ1n) is 16.0. The van der Waals surface area contributed by atoms with Crippen molar-refractivity contribution in [2.45, 2.75) is 44.2 Å². The number of likely N-dealkylation sites (tertiary alicyclic amines) is 1. The third kappa shape index (κ3) is 7.11. The van der Waals surface area contributed by atoms with Crippen molar-refractivity contribution in [1.82, 2.24) is 9.47 Å². The summed E-state index contributed by atoms with van der Waals surface area (Å²) in [6.07, 6.45) is 1.47. The smallest absolute Gasteiger partial charge is 0.306 e. The van der Waals surface area contributed by atoms with E-state index in [4.69, 9.17) is 23.4 Å². The molecule has 2 aliphatic heterocycles. The molecule has 48 heavy (non-hydrogen) atoms. The number of piperidine rings is 1. The van der Waals surface area contributed by atoms with Gasteiger partial charge in [0.15, 0.2) is 17.3 Å². The van der Waals surface area contributed by atoms with Crippen molar-refractivity contribution >= 4 is 5.97 Å². The van der Waals surface area contributed by atoms with Crippen LogP contribution >= 0.6 is 0 Å². The minimum Gasteiger partial charge on any atom is -0.502 e. The Morgan fingerprint density at radius 3 is 2.52 bits per heavy atom. The van der Waals surface area contributed by atoms with Gasteiger partial charge in [-0.05, 0) is 53.8 Å². The average molecular weight is 657 g/mol. The number of carbonyl (C=O) groups is 1. The van der Waals surface area contributed by atoms with E-state index >= 15 is 0 Å². The van der Waals surface area contributed by atoms with Gasteiger partial charge in [0.2, 0.25) is 11.2 Å². The molecule has 6 rings (SSSR count). The molecule has 11 nitrogen and oxygen atoms in total. The fraction of sp³-hybridized carbons (Fsp3) is 0.378. The molecule has 2 aromatic carbocycles. The highest BCUT2D eigenvalue weighted by molar-refractivity contribution is 5.71. The monoisotopic (exact) mass is 656 g/mol. The summed E-state index contributed by atoms with van der Waals surface area (Å²) < 4.78 is 30.0. The maximum absolute atomic E-state index is 13.1. The van der Waals surface area contributed by atoms with Crippen LogP contribution in [0.2, 0.25) is 0 Å². The molecule has 2 aliphatic rings. The molecule has 252 valence electrons. The van der Waals surface area contributed by atoms with Gasteiger partial charge in [-0.1, -0.05) is 24.3 Å². The van der Waals surface area contributed by atoms with Crippen molar-refractivity contribution in [3.63, 3.8) is 0 Å². The number of aromatic nitrogens is 1. The number of ether oxygens (including phenoxy) is 4. The fourth-order valence-corrected chi connectivity index (χ4v) is 6.92. The van der Waals surface area contributed by atoms with Gasteiger partial charge < -0.3 is 33.0 Å². The van der Waals surface area contributed by atoms with Gasteiger partial charge in [0.1, 0.15) is 11.5 Å². The lowest BCUT2D eigenvalue weighted by atomic mass is 9.83. The maximum Gasteiger partial charge on any atom is 0.306 e. The highest BCUT2D eigenvalue weighted by Gasteiger charge is 2.35. The largest absolute Gasteiger partial charge is 0.502 e. The Bertz CT molecular complexity index is 1880. The summed E-state index contributed by atoms with van der Waals surface area (Å²) in [5.41, 5.74) is 2.11. The van der Waals surface area contributed by atoms with Crippen LogP contribution in [-0.2, 0) is 29.0 Å². The van der Waals surface area contributed by atoms with Crippen molar-refractivity contribution in [3.8, 4) is 23.0 Å². The molecule has 2 bridgehead atoms. The average Bonchev–Trinajstić information content (AvgIpc) is 3.09. The normalized spacial score (nSPS) is 17.6. The fourth-order valence-electron chi connectivity index (χ4n) is 6.92. The van der Waals surface area contributed by atoms with Crippen LogP contribution in [0.4, 0.5) is 0 Å². The molecular formula is C37H40N2O9. The van der Waals surface area contributed by atoms with Gasteiger partial charge in [-0.25, -0.2) is 0 Å². The van der Waals surface area contributed by atoms with Crippen LogP contribution in [0, 0.1) is 5.92 Å². The van der Waals surface area contributed by atoms with Crippen molar-refractivity contribution in [2.24, 2.45) is 5.92 Å². The van der Waals surface area contributed by atoms with Crippen LogP contribution < -0.4 is 25.2 Å². The summed E-state index contributed by atoms with van der Waals surface area (Å²) in [7, 11) is 4.43. The third-order valence-electron chi connectivity index (χ3n) is 9.25. The summed E-state index contributed by atoms with van der Waals surface area (Å²) in [6, 6.07) is 19.7. The quantitative estimate of drug-likeness (QED) is 0.218. The van der Waals surface area contributed by atoms with Crippen molar-refractivity contribution < 1.29 is 33.3 Å². The first-order chi connectivity index (χ1) is 23.3. The number of benzene rings is 2. The molecule has 0 amide bonds. The third-order valence-corrected chi connectivity index (χ3v) is 9.25. The second-order valence-corrected chi connectivity index (χ2v) is 12.4. The lowest BCUT2D eigenvalue weighted by Crippen LogP contribution is -2.46. The Kier molecular flexibility index (Phi) is 9.86. The molecule has 11 heteroatoms. The molecule has 4 aromatic rings. The molecule has 1 saturated heterocycles. The number of methoxy groups -OCH3 is 3. The Balaban J connectivity index is 1.23. The van der Waals surface area contributed by atoms with Crippen LogP contribution in [0.15, 0.2) is 80.7 Å². The van der Waals surface area contributed by atoms with Gasteiger partial charge in [-0.2, -0.15) is 0 Å². The molecule has 0 aliphatic carbocycles. The van der Waals surface area contributed by atoms with Crippen molar-refractivity contribution in [3.05, 3.63) is 116 Å². The lowest BCUT2D eigenvalue weighted by Gasteiger charge is -2.42. The van der Waals surface area contributed by atoms with Gasteiger partial charge >= 0.3 is 5.97 Å². The summed E-state index contributed by atoms with van der Waals surface area (Å²) in [5.74, 6) is 0.601. The Hall–Kier alpha value is -5.03. The minimum atomic E-state index is -0.841. The zero-order chi connectivity index (χ0) is 33.8. The zero-order valence-electron chi connectivity index (χ0n) is 27.3. The number of fused-ring (bicyclic) bond motifs is 4. The van der Waals surface area contributed by atoms with E-state index in [2.05, 4.69) is 4.90 Å². The summed E-state index contributed by atoms with van der Waals surface area (Å²) >= 11 is 0. The Labute approximate surface area is 278 Å². The number of hydrogen-bond donors (Lipinski definition) is 1. The molecule has 1 N–H and O–H groups in total. The van der Waals surface area contributed by atoms with E-state index in [1.807, 2.05) is 34.9 Å². The van der Waals surface area contributed by atoms with Crippen LogP contribution in [0.1, 0.15) is 53.0 Å². The van der Waals surface area contributed by atoms with E-state index < -0.39 is 23.1 Å². The highest BCUT2D eigenvalue weighted by atomic mass is 16.5. The van der Waals surface area contributed by atoms with Gasteiger partial charge in [0.25, 0.3) is 5.56 Å². The molecular weight excluding hydrogens is 616 g/mol. The van der Waals surface area contributed by atoms with Crippen molar-refractivity contribution in [2.75, 3.05) is 41.0 Å². The van der Waals surface area contributed by atoms with E-state index in [-0.39, 0.29) is 29.6 Å². The summed E-state index contributed by atoms with van der Waals surface area (Å²) in [5, 5.41) is 11.0. The van der Waals surface area contributed by atoms with E-state index in [0.717, 1.165) is 30.0 Å². The molecule has 0 spiro atoms. The summed E-state index contributed by atoms with van der Waals surface area (Å²) in [6.45, 7) is 2.81. The number of hydrogen-bond acceptors (Lipinski definition) is 10. The van der Waals surface area contributed by atoms with Crippen molar-refractivity contribution in [1.29, 1.82) is 0 Å². The molecule has 3 atom stereocenters. The van der Waals surface area contributed by atoms with Crippen LogP contribution in [-0.4, -0.2) is 61.6 Å². The number of rotatable bonds is 12. The van der Waals surface area contributed by atoms with Crippen LogP contribution in [0.25, 0.3) is 0 Å². The van der Waals surface area contributed by atoms with Gasteiger partial charge in [0.05, 0.1) is 46.8 Å².